The number of ether oxygens (including phenoxy) is 1. The third kappa shape index (κ3) is 5.62. The molecule has 1 N–H and O–H groups in total. The van der Waals surface area contributed by atoms with Crippen molar-refractivity contribution in [3.05, 3.63) is 39.9 Å². The van der Waals surface area contributed by atoms with Gasteiger partial charge in [-0.25, -0.2) is 5.09 Å². The molecule has 0 heterocycles. The van der Waals surface area contributed by atoms with E-state index in [1.165, 1.54) is 7.11 Å². The number of nitro groups is 1. The van der Waals surface area contributed by atoms with Crippen molar-refractivity contribution in [2.75, 3.05) is 26.9 Å². The highest BCUT2D eigenvalue weighted by atomic mass is 32.5. The third-order valence-electron chi connectivity index (χ3n) is 2.76. The third-order valence-corrected chi connectivity index (χ3v) is 5.53. The van der Waals surface area contributed by atoms with Crippen LogP contribution in [0, 0.1) is 10.1 Å². The van der Waals surface area contributed by atoms with Gasteiger partial charge >= 0.3 is 0 Å². The molecule has 0 unspecified atom stereocenters. The first kappa shape index (κ1) is 19.0. The fraction of sp³-hybridized carbons (Fsp3) is 0.538. The van der Waals surface area contributed by atoms with Crippen molar-refractivity contribution in [1.29, 1.82) is 0 Å². The van der Waals surface area contributed by atoms with Crippen LogP contribution in [0.3, 0.4) is 0 Å². The molecule has 1 aromatic carbocycles. The Labute approximate surface area is 135 Å². The summed E-state index contributed by atoms with van der Waals surface area (Å²) in [5.74, 6) is 0.552. The van der Waals surface area contributed by atoms with E-state index < -0.39 is 17.6 Å². The molecule has 0 aliphatic carbocycles. The standard InChI is InChI=1S/C13H21N2O5PS/c1-4-19-21(22,20-5-2)14-12(10-15(16)17)11-8-6-7-9-13(11)18-3/h6-9,12H,4-5,10H2,1-3H3,(H,14,22)/t12-/m0/s1. The Morgan fingerprint density at radius 2 is 1.91 bits per heavy atom. The molecule has 0 bridgehead atoms. The zero-order valence-electron chi connectivity index (χ0n) is 12.9. The number of hydrogen-bond acceptors (Lipinski definition) is 6. The first-order valence-electron chi connectivity index (χ1n) is 6.87. The summed E-state index contributed by atoms with van der Waals surface area (Å²) in [6.45, 7) is 1.17. The summed E-state index contributed by atoms with van der Waals surface area (Å²) in [7, 11) is 1.52. The first-order valence-corrected chi connectivity index (χ1v) is 9.51. The topological polar surface area (TPSA) is 82.9 Å². The molecule has 1 rings (SSSR count). The van der Waals surface area contributed by atoms with Gasteiger partial charge in [-0.2, -0.15) is 0 Å². The lowest BCUT2D eigenvalue weighted by atomic mass is 10.1. The molecule has 0 saturated heterocycles. The average molecular weight is 348 g/mol. The monoisotopic (exact) mass is 348 g/mol. The predicted molar refractivity (Wildman–Crippen MR) is 88.3 cm³/mol. The lowest BCUT2D eigenvalue weighted by Gasteiger charge is -2.26. The van der Waals surface area contributed by atoms with Gasteiger partial charge in [0.15, 0.2) is 0 Å². The second-order valence-corrected chi connectivity index (χ2v) is 7.48. The summed E-state index contributed by atoms with van der Waals surface area (Å²) in [6, 6.07) is 6.44. The van der Waals surface area contributed by atoms with Gasteiger partial charge in [0.05, 0.1) is 20.3 Å². The van der Waals surface area contributed by atoms with Crippen LogP contribution >= 0.6 is 6.64 Å². The highest BCUT2D eigenvalue weighted by Crippen LogP contribution is 2.47. The minimum atomic E-state index is -2.80. The van der Waals surface area contributed by atoms with Crippen LogP contribution < -0.4 is 9.82 Å². The molecule has 1 atom stereocenters. The van der Waals surface area contributed by atoms with Crippen LogP contribution in [0.1, 0.15) is 25.5 Å². The van der Waals surface area contributed by atoms with Crippen LogP contribution in [0.4, 0.5) is 0 Å². The van der Waals surface area contributed by atoms with Crippen LogP contribution in [0.2, 0.25) is 0 Å². The smallest absolute Gasteiger partial charge is 0.261 e. The number of nitrogens with one attached hydrogen (secondary N) is 1. The van der Waals surface area contributed by atoms with Crippen LogP contribution in [0.15, 0.2) is 24.3 Å². The first-order chi connectivity index (χ1) is 10.5. The minimum absolute atomic E-state index is 0.348. The molecule has 124 valence electrons. The van der Waals surface area contributed by atoms with Crippen molar-refractivity contribution >= 4 is 18.4 Å². The highest BCUT2D eigenvalue weighted by Gasteiger charge is 2.29. The summed E-state index contributed by atoms with van der Waals surface area (Å²) in [5, 5.41) is 14.0. The summed E-state index contributed by atoms with van der Waals surface area (Å²) in [5.41, 5.74) is 0.648. The Balaban J connectivity index is 3.12. The largest absolute Gasteiger partial charge is 0.496 e. The summed E-state index contributed by atoms with van der Waals surface area (Å²) in [4.78, 5) is 10.6. The molecule has 9 heteroatoms. The normalized spacial score (nSPS) is 12.9. The molecule has 7 nitrogen and oxygen atoms in total. The maximum Gasteiger partial charge on any atom is 0.261 e. The van der Waals surface area contributed by atoms with Crippen molar-refractivity contribution in [2.24, 2.45) is 0 Å². The van der Waals surface area contributed by atoms with E-state index in [0.29, 0.717) is 24.5 Å². The molecule has 0 aliphatic heterocycles. The van der Waals surface area contributed by atoms with Crippen molar-refractivity contribution < 1.29 is 18.7 Å². The number of methoxy groups -OCH3 is 1. The van der Waals surface area contributed by atoms with Crippen LogP contribution in [0.25, 0.3) is 0 Å². The number of rotatable bonds is 10. The second-order valence-electron chi connectivity index (χ2n) is 4.27. The van der Waals surface area contributed by atoms with Gasteiger partial charge in [-0.1, -0.05) is 18.2 Å². The zero-order chi connectivity index (χ0) is 16.6. The fourth-order valence-electron chi connectivity index (χ4n) is 1.95. The van der Waals surface area contributed by atoms with Gasteiger partial charge in [0.25, 0.3) is 6.64 Å². The summed E-state index contributed by atoms with van der Waals surface area (Å²) < 4.78 is 16.3. The van der Waals surface area contributed by atoms with Crippen molar-refractivity contribution in [3.8, 4) is 5.75 Å². The van der Waals surface area contributed by atoms with E-state index in [4.69, 9.17) is 25.6 Å². The highest BCUT2D eigenvalue weighted by molar-refractivity contribution is 8.08. The van der Waals surface area contributed by atoms with Crippen LogP contribution in [0.5, 0.6) is 5.75 Å². The molecule has 0 amide bonds. The molecular formula is C13H21N2O5PS. The average Bonchev–Trinajstić information content (AvgIpc) is 2.46. The molecule has 0 radical (unpaired) electrons. The molecule has 0 saturated carbocycles. The van der Waals surface area contributed by atoms with E-state index in [0.717, 1.165) is 0 Å². The van der Waals surface area contributed by atoms with E-state index >= 15 is 0 Å². The van der Waals surface area contributed by atoms with E-state index in [1.54, 1.807) is 38.1 Å². The quantitative estimate of drug-likeness (QED) is 0.395. The lowest BCUT2D eigenvalue weighted by Crippen LogP contribution is -2.27. The Morgan fingerprint density at radius 3 is 2.41 bits per heavy atom. The van der Waals surface area contributed by atoms with E-state index in [2.05, 4.69) is 5.09 Å². The number of hydrogen-bond donors (Lipinski definition) is 1. The van der Waals surface area contributed by atoms with Gasteiger partial charge < -0.3 is 13.8 Å². The van der Waals surface area contributed by atoms with Gasteiger partial charge in [0.2, 0.25) is 6.54 Å². The number of nitrogens with zero attached hydrogens (tertiary/aromatic N) is 1. The van der Waals surface area contributed by atoms with Crippen LogP contribution in [-0.4, -0.2) is 31.8 Å². The fourth-order valence-corrected chi connectivity index (χ4v) is 4.47. The maximum absolute atomic E-state index is 11.0. The minimum Gasteiger partial charge on any atom is -0.496 e. The molecule has 22 heavy (non-hydrogen) atoms. The molecular weight excluding hydrogens is 327 g/mol. The SMILES string of the molecule is CCOP(=S)(N[C@@H](C[N+](=O)[O-])c1ccccc1OC)OCC. The van der Waals surface area contributed by atoms with Gasteiger partial charge in [0, 0.05) is 10.5 Å². The van der Waals surface area contributed by atoms with Gasteiger partial charge in [0.1, 0.15) is 11.8 Å². The second kappa shape index (κ2) is 9.17. The van der Waals surface area contributed by atoms with Gasteiger partial charge in [-0.3, -0.25) is 10.1 Å². The summed E-state index contributed by atoms with van der Waals surface area (Å²) in [6.07, 6.45) is 0. The Bertz CT molecular complexity index is 533. The lowest BCUT2D eigenvalue weighted by molar-refractivity contribution is -0.484. The molecule has 0 fully saturated rings. The Kier molecular flexibility index (Phi) is 7.92. The molecule has 0 spiro atoms. The van der Waals surface area contributed by atoms with Crippen molar-refractivity contribution in [3.63, 3.8) is 0 Å². The number of para-hydroxylation sites is 1. The van der Waals surface area contributed by atoms with Gasteiger partial charge in [-0.15, -0.1) is 0 Å². The van der Waals surface area contributed by atoms with Crippen molar-refractivity contribution in [2.45, 2.75) is 19.9 Å². The summed E-state index contributed by atoms with van der Waals surface area (Å²) >= 11 is 5.40. The maximum atomic E-state index is 11.0. The molecule has 0 aromatic heterocycles. The predicted octanol–water partition coefficient (Wildman–Crippen LogP) is 2.90. The molecule has 0 aliphatic rings. The van der Waals surface area contributed by atoms with Crippen LogP contribution in [-0.2, 0) is 20.9 Å². The van der Waals surface area contributed by atoms with Gasteiger partial charge in [-0.05, 0) is 31.7 Å². The van der Waals surface area contributed by atoms with Crippen molar-refractivity contribution in [1.82, 2.24) is 5.09 Å². The Hall–Kier alpha value is -1.05. The van der Waals surface area contributed by atoms with E-state index in [9.17, 15) is 10.1 Å². The zero-order valence-corrected chi connectivity index (χ0v) is 14.6. The van der Waals surface area contributed by atoms with E-state index in [1.807, 2.05) is 0 Å². The number of benzene rings is 1. The Morgan fingerprint density at radius 1 is 1.32 bits per heavy atom. The van der Waals surface area contributed by atoms with E-state index in [-0.39, 0.29) is 6.54 Å². The molecule has 1 aromatic rings.